The highest BCUT2D eigenvalue weighted by Crippen LogP contribution is 2.49. The van der Waals surface area contributed by atoms with Gasteiger partial charge in [0.2, 0.25) is 0 Å². The first-order chi connectivity index (χ1) is 11.6. The number of benzene rings is 3. The van der Waals surface area contributed by atoms with Crippen LogP contribution in [0.5, 0.6) is 0 Å². The van der Waals surface area contributed by atoms with Crippen LogP contribution in [-0.2, 0) is 0 Å². The molecule has 0 saturated heterocycles. The number of hydrogen-bond acceptors (Lipinski definition) is 2. The van der Waals surface area contributed by atoms with Crippen LogP contribution in [0.3, 0.4) is 0 Å². The summed E-state index contributed by atoms with van der Waals surface area (Å²) in [5, 5.41) is 0.621. The highest BCUT2D eigenvalue weighted by molar-refractivity contribution is 7.99. The molecule has 0 spiro atoms. The van der Waals surface area contributed by atoms with Gasteiger partial charge in [0.05, 0.1) is 11.4 Å². The van der Waals surface area contributed by atoms with Crippen molar-refractivity contribution < 1.29 is 4.79 Å². The maximum atomic E-state index is 13.3. The molecular weight excluding hydrogens is 338 g/mol. The fourth-order valence-corrected chi connectivity index (χ4v) is 4.06. The minimum absolute atomic E-state index is 0.0463. The molecule has 118 valence electrons. The lowest BCUT2D eigenvalue weighted by atomic mass is 10.1. The number of carbonyl (C=O) groups is 1. The zero-order chi connectivity index (χ0) is 16.7. The molecule has 0 fully saturated rings. The third kappa shape index (κ3) is 2.60. The lowest BCUT2D eigenvalue weighted by molar-refractivity contribution is 0.0998. The predicted molar refractivity (Wildman–Crippen MR) is 99.7 cm³/mol. The van der Waals surface area contributed by atoms with Crippen LogP contribution in [-0.4, -0.2) is 5.91 Å². The van der Waals surface area contributed by atoms with Crippen molar-refractivity contribution in [2.24, 2.45) is 0 Å². The minimum Gasteiger partial charge on any atom is -0.275 e. The van der Waals surface area contributed by atoms with E-state index < -0.39 is 0 Å². The molecule has 4 rings (SSSR count). The van der Waals surface area contributed by atoms with E-state index in [-0.39, 0.29) is 5.91 Å². The Hall–Kier alpha value is -2.23. The fraction of sp³-hybridized carbons (Fsp3) is 0.0500. The SMILES string of the molecule is Cc1cccc(C(=O)N2c3ccccc3Sc3ccc(Cl)cc32)c1. The van der Waals surface area contributed by atoms with Crippen LogP contribution in [0.25, 0.3) is 0 Å². The van der Waals surface area contributed by atoms with Crippen molar-refractivity contribution in [3.8, 4) is 0 Å². The quantitative estimate of drug-likeness (QED) is 0.528. The van der Waals surface area contributed by atoms with Gasteiger partial charge < -0.3 is 0 Å². The van der Waals surface area contributed by atoms with Crippen molar-refractivity contribution in [1.82, 2.24) is 0 Å². The maximum Gasteiger partial charge on any atom is 0.262 e. The van der Waals surface area contributed by atoms with Crippen molar-refractivity contribution in [3.05, 3.63) is 82.9 Å². The third-order valence-corrected chi connectivity index (χ3v) is 5.32. The molecule has 2 nitrogen and oxygen atoms in total. The van der Waals surface area contributed by atoms with E-state index in [1.165, 1.54) is 0 Å². The summed E-state index contributed by atoms with van der Waals surface area (Å²) >= 11 is 7.86. The van der Waals surface area contributed by atoms with E-state index in [1.54, 1.807) is 16.7 Å². The summed E-state index contributed by atoms with van der Waals surface area (Å²) < 4.78 is 0. The number of nitrogens with zero attached hydrogens (tertiary/aromatic N) is 1. The number of aryl methyl sites for hydroxylation is 1. The number of rotatable bonds is 1. The average Bonchev–Trinajstić information content (AvgIpc) is 2.59. The smallest absolute Gasteiger partial charge is 0.262 e. The van der Waals surface area contributed by atoms with Crippen LogP contribution >= 0.6 is 23.4 Å². The van der Waals surface area contributed by atoms with E-state index in [9.17, 15) is 4.79 Å². The molecule has 0 aromatic heterocycles. The van der Waals surface area contributed by atoms with E-state index in [4.69, 9.17) is 11.6 Å². The molecule has 0 N–H and O–H groups in total. The number of carbonyl (C=O) groups excluding carboxylic acids is 1. The molecule has 3 aromatic carbocycles. The molecule has 1 aliphatic rings. The lowest BCUT2D eigenvalue weighted by Gasteiger charge is -2.31. The third-order valence-electron chi connectivity index (χ3n) is 3.96. The highest BCUT2D eigenvalue weighted by Gasteiger charge is 2.29. The second kappa shape index (κ2) is 6.00. The van der Waals surface area contributed by atoms with Crippen LogP contribution in [0.1, 0.15) is 15.9 Å². The molecule has 0 atom stereocenters. The Morgan fingerprint density at radius 3 is 2.54 bits per heavy atom. The molecule has 0 radical (unpaired) electrons. The van der Waals surface area contributed by atoms with Gasteiger partial charge in [0.1, 0.15) is 0 Å². The Morgan fingerprint density at radius 2 is 1.71 bits per heavy atom. The molecule has 1 aliphatic heterocycles. The van der Waals surface area contributed by atoms with Gasteiger partial charge in [0.15, 0.2) is 0 Å². The number of anilines is 2. The topological polar surface area (TPSA) is 20.3 Å². The van der Waals surface area contributed by atoms with E-state index >= 15 is 0 Å². The van der Waals surface area contributed by atoms with Gasteiger partial charge in [-0.1, -0.05) is 53.2 Å². The van der Waals surface area contributed by atoms with Gasteiger partial charge >= 0.3 is 0 Å². The Labute approximate surface area is 150 Å². The van der Waals surface area contributed by atoms with Gasteiger partial charge in [-0.25, -0.2) is 0 Å². The van der Waals surface area contributed by atoms with Gasteiger partial charge in [-0.2, -0.15) is 0 Å². The lowest BCUT2D eigenvalue weighted by Crippen LogP contribution is -2.28. The van der Waals surface area contributed by atoms with Gasteiger partial charge in [0.25, 0.3) is 5.91 Å². The Bertz CT molecular complexity index is 954. The summed E-state index contributed by atoms with van der Waals surface area (Å²) in [5.41, 5.74) is 3.45. The number of para-hydroxylation sites is 1. The summed E-state index contributed by atoms with van der Waals surface area (Å²) in [6, 6.07) is 21.3. The monoisotopic (exact) mass is 351 g/mol. The van der Waals surface area contributed by atoms with Crippen LogP contribution in [0.4, 0.5) is 11.4 Å². The van der Waals surface area contributed by atoms with Crippen molar-refractivity contribution in [2.75, 3.05) is 4.90 Å². The Kier molecular flexibility index (Phi) is 3.83. The summed E-state index contributed by atoms with van der Waals surface area (Å²) in [4.78, 5) is 17.1. The second-order valence-electron chi connectivity index (χ2n) is 5.69. The summed E-state index contributed by atoms with van der Waals surface area (Å²) in [7, 11) is 0. The van der Waals surface area contributed by atoms with Gasteiger partial charge in [-0.05, 0) is 49.4 Å². The standard InChI is InChI=1S/C20H14ClNOS/c1-13-5-4-6-14(11-13)20(23)22-16-7-2-3-8-18(16)24-19-10-9-15(21)12-17(19)22/h2-12H,1H3. The van der Waals surface area contributed by atoms with Gasteiger partial charge in [-0.15, -0.1) is 0 Å². The first-order valence-corrected chi connectivity index (χ1v) is 8.80. The molecular formula is C20H14ClNOS. The largest absolute Gasteiger partial charge is 0.275 e. The molecule has 1 heterocycles. The van der Waals surface area contributed by atoms with Crippen molar-refractivity contribution >= 4 is 40.6 Å². The molecule has 3 aromatic rings. The molecule has 0 bridgehead atoms. The number of hydrogen-bond donors (Lipinski definition) is 0. The molecule has 4 heteroatoms. The summed E-state index contributed by atoms with van der Waals surface area (Å²) in [5.74, 6) is -0.0463. The maximum absolute atomic E-state index is 13.3. The van der Waals surface area contributed by atoms with Crippen LogP contribution in [0, 0.1) is 6.92 Å². The molecule has 24 heavy (non-hydrogen) atoms. The summed E-state index contributed by atoms with van der Waals surface area (Å²) in [6.45, 7) is 1.99. The first-order valence-electron chi connectivity index (χ1n) is 7.61. The Morgan fingerprint density at radius 1 is 0.917 bits per heavy atom. The van der Waals surface area contributed by atoms with Crippen LogP contribution in [0.15, 0.2) is 76.5 Å². The molecule has 0 saturated carbocycles. The molecule has 1 amide bonds. The van der Waals surface area contributed by atoms with E-state index in [1.807, 2.05) is 73.7 Å². The van der Waals surface area contributed by atoms with Crippen molar-refractivity contribution in [2.45, 2.75) is 16.7 Å². The van der Waals surface area contributed by atoms with E-state index in [2.05, 4.69) is 0 Å². The van der Waals surface area contributed by atoms with Gasteiger partial charge in [-0.3, -0.25) is 9.69 Å². The number of amides is 1. The molecule has 0 aliphatic carbocycles. The average molecular weight is 352 g/mol. The van der Waals surface area contributed by atoms with Gasteiger partial charge in [0, 0.05) is 20.4 Å². The first kappa shape index (κ1) is 15.3. The number of fused-ring (bicyclic) bond motifs is 2. The minimum atomic E-state index is -0.0463. The summed E-state index contributed by atoms with van der Waals surface area (Å²) in [6.07, 6.45) is 0. The normalized spacial score (nSPS) is 12.5. The van der Waals surface area contributed by atoms with Crippen molar-refractivity contribution in [1.29, 1.82) is 0 Å². The second-order valence-corrected chi connectivity index (χ2v) is 7.21. The highest BCUT2D eigenvalue weighted by atomic mass is 35.5. The van der Waals surface area contributed by atoms with Crippen LogP contribution < -0.4 is 4.90 Å². The van der Waals surface area contributed by atoms with E-state index in [0.29, 0.717) is 10.6 Å². The zero-order valence-corrected chi connectivity index (χ0v) is 14.6. The number of halogens is 1. The van der Waals surface area contributed by atoms with Crippen molar-refractivity contribution in [3.63, 3.8) is 0 Å². The van der Waals surface area contributed by atoms with Crippen LogP contribution in [0.2, 0.25) is 5.02 Å². The Balaban J connectivity index is 1.91. The molecule has 0 unspecified atom stereocenters. The fourth-order valence-electron chi connectivity index (χ4n) is 2.85. The zero-order valence-electron chi connectivity index (χ0n) is 13.0. The van der Waals surface area contributed by atoms with E-state index in [0.717, 1.165) is 26.7 Å². The predicted octanol–water partition coefficient (Wildman–Crippen LogP) is 6.09.